The van der Waals surface area contributed by atoms with Crippen LogP contribution in [0.5, 0.6) is 0 Å². The largest absolute Gasteiger partial charge is 0.388 e. The third-order valence-corrected chi connectivity index (χ3v) is 4.27. The Hall–Kier alpha value is -1.12. The van der Waals surface area contributed by atoms with Crippen LogP contribution in [0, 0.1) is 13.8 Å². The summed E-state index contributed by atoms with van der Waals surface area (Å²) in [5, 5.41) is 12.2. The van der Waals surface area contributed by atoms with Gasteiger partial charge in [0.15, 0.2) is 0 Å². The smallest absolute Gasteiger partial charge is 0.0887 e. The monoisotopic (exact) mass is 246 g/mol. The first-order valence-corrected chi connectivity index (χ1v) is 6.83. The van der Waals surface area contributed by atoms with E-state index < -0.39 is 0 Å². The molecule has 0 fully saturated rings. The van der Waals surface area contributed by atoms with Crippen LogP contribution >= 0.6 is 11.3 Å². The van der Waals surface area contributed by atoms with Crippen LogP contribution in [-0.4, -0.2) is 5.11 Å². The van der Waals surface area contributed by atoms with Crippen LogP contribution in [0.4, 0.5) is 0 Å². The van der Waals surface area contributed by atoms with E-state index in [0.29, 0.717) is 0 Å². The zero-order chi connectivity index (χ0) is 12.3. The molecule has 2 heteroatoms. The number of thiophene rings is 1. The molecule has 1 nitrogen and oxygen atoms in total. The fourth-order valence-electron chi connectivity index (χ4n) is 2.04. The molecule has 2 rings (SSSR count). The minimum atomic E-state index is -0.324. The molecule has 1 atom stereocenters. The van der Waals surface area contributed by atoms with E-state index in [0.717, 1.165) is 17.7 Å². The first kappa shape index (κ1) is 12.3. The van der Waals surface area contributed by atoms with Crippen molar-refractivity contribution in [3.8, 4) is 0 Å². The van der Waals surface area contributed by atoms with Crippen molar-refractivity contribution in [2.75, 3.05) is 0 Å². The van der Waals surface area contributed by atoms with E-state index in [4.69, 9.17) is 0 Å². The van der Waals surface area contributed by atoms with Crippen molar-refractivity contribution in [3.63, 3.8) is 0 Å². The molecule has 17 heavy (non-hydrogen) atoms. The van der Waals surface area contributed by atoms with Gasteiger partial charge in [0.05, 0.1) is 6.10 Å². The standard InChI is InChI=1S/C15H18OS/c1-11-5-3-4-6-13(11)7-8-14(16)15-12(2)9-10-17-15/h3-6,9-10,14,16H,7-8H2,1-2H3. The predicted octanol–water partition coefficient (Wildman–Crippen LogP) is 4.03. The average Bonchev–Trinajstić information content (AvgIpc) is 2.74. The molecule has 0 saturated heterocycles. The lowest BCUT2D eigenvalue weighted by Crippen LogP contribution is -2.00. The minimum Gasteiger partial charge on any atom is -0.388 e. The molecule has 0 bridgehead atoms. The Morgan fingerprint density at radius 3 is 2.53 bits per heavy atom. The highest BCUT2D eigenvalue weighted by Gasteiger charge is 2.12. The second kappa shape index (κ2) is 5.48. The average molecular weight is 246 g/mol. The van der Waals surface area contributed by atoms with Gasteiger partial charge in [0.1, 0.15) is 0 Å². The number of rotatable bonds is 4. The Kier molecular flexibility index (Phi) is 3.97. The van der Waals surface area contributed by atoms with Crippen molar-refractivity contribution in [2.45, 2.75) is 32.8 Å². The molecule has 0 spiro atoms. The predicted molar refractivity (Wildman–Crippen MR) is 73.5 cm³/mol. The van der Waals surface area contributed by atoms with Gasteiger partial charge < -0.3 is 5.11 Å². The summed E-state index contributed by atoms with van der Waals surface area (Å²) in [5.74, 6) is 0. The number of benzene rings is 1. The molecule has 0 aliphatic carbocycles. The van der Waals surface area contributed by atoms with Crippen LogP contribution in [0.1, 0.15) is 34.1 Å². The third kappa shape index (κ3) is 2.96. The zero-order valence-electron chi connectivity index (χ0n) is 10.3. The van der Waals surface area contributed by atoms with Crippen LogP contribution in [0.3, 0.4) is 0 Å². The topological polar surface area (TPSA) is 20.2 Å². The van der Waals surface area contributed by atoms with Crippen molar-refractivity contribution >= 4 is 11.3 Å². The third-order valence-electron chi connectivity index (χ3n) is 3.15. The summed E-state index contributed by atoms with van der Waals surface area (Å²) in [6.07, 6.45) is 1.41. The lowest BCUT2D eigenvalue weighted by Gasteiger charge is -2.11. The summed E-state index contributed by atoms with van der Waals surface area (Å²) >= 11 is 1.65. The van der Waals surface area contributed by atoms with E-state index in [-0.39, 0.29) is 6.10 Å². The Bertz CT molecular complexity index is 487. The van der Waals surface area contributed by atoms with E-state index in [9.17, 15) is 5.11 Å². The summed E-state index contributed by atoms with van der Waals surface area (Å²) in [6.45, 7) is 4.18. The van der Waals surface area contributed by atoms with Crippen molar-refractivity contribution in [2.24, 2.45) is 0 Å². The summed E-state index contributed by atoms with van der Waals surface area (Å²) in [6, 6.07) is 10.4. The molecule has 0 aliphatic rings. The molecule has 1 N–H and O–H groups in total. The van der Waals surface area contributed by atoms with Gasteiger partial charge >= 0.3 is 0 Å². The lowest BCUT2D eigenvalue weighted by atomic mass is 10.0. The second-order valence-corrected chi connectivity index (χ2v) is 5.40. The van der Waals surface area contributed by atoms with Gasteiger partial charge in [-0.3, -0.25) is 0 Å². The number of hydrogen-bond acceptors (Lipinski definition) is 2. The number of hydrogen-bond donors (Lipinski definition) is 1. The van der Waals surface area contributed by atoms with Crippen molar-refractivity contribution in [1.82, 2.24) is 0 Å². The maximum atomic E-state index is 10.2. The number of aliphatic hydroxyl groups is 1. The van der Waals surface area contributed by atoms with Crippen LogP contribution in [0.25, 0.3) is 0 Å². The molecule has 1 aromatic carbocycles. The zero-order valence-corrected chi connectivity index (χ0v) is 11.1. The highest BCUT2D eigenvalue weighted by atomic mass is 32.1. The first-order chi connectivity index (χ1) is 8.18. The highest BCUT2D eigenvalue weighted by Crippen LogP contribution is 2.27. The molecule has 1 aromatic heterocycles. The van der Waals surface area contributed by atoms with E-state index in [2.05, 4.69) is 44.2 Å². The van der Waals surface area contributed by atoms with Crippen molar-refractivity contribution < 1.29 is 5.11 Å². The first-order valence-electron chi connectivity index (χ1n) is 5.95. The number of aryl methyl sites for hydroxylation is 3. The molecular formula is C15H18OS. The molecule has 1 unspecified atom stereocenters. The quantitative estimate of drug-likeness (QED) is 0.863. The van der Waals surface area contributed by atoms with E-state index in [1.54, 1.807) is 11.3 Å². The van der Waals surface area contributed by atoms with Crippen LogP contribution < -0.4 is 0 Å². The Morgan fingerprint density at radius 1 is 1.12 bits per heavy atom. The SMILES string of the molecule is Cc1ccccc1CCC(O)c1sccc1C. The maximum Gasteiger partial charge on any atom is 0.0887 e. The fraction of sp³-hybridized carbons (Fsp3) is 0.333. The summed E-state index contributed by atoms with van der Waals surface area (Å²) in [4.78, 5) is 1.11. The maximum absolute atomic E-state index is 10.2. The number of aliphatic hydroxyl groups excluding tert-OH is 1. The van der Waals surface area contributed by atoms with Crippen LogP contribution in [-0.2, 0) is 6.42 Å². The molecule has 0 aliphatic heterocycles. The second-order valence-electron chi connectivity index (χ2n) is 4.45. The van der Waals surface area contributed by atoms with Gasteiger partial charge in [-0.25, -0.2) is 0 Å². The van der Waals surface area contributed by atoms with Gasteiger partial charge in [-0.05, 0) is 54.8 Å². The molecule has 90 valence electrons. The van der Waals surface area contributed by atoms with E-state index in [1.807, 2.05) is 5.38 Å². The molecule has 2 aromatic rings. The lowest BCUT2D eigenvalue weighted by molar-refractivity contribution is 0.171. The summed E-state index contributed by atoms with van der Waals surface area (Å²) in [7, 11) is 0. The van der Waals surface area contributed by atoms with Crippen LogP contribution in [0.15, 0.2) is 35.7 Å². The fourth-order valence-corrected chi connectivity index (χ4v) is 2.99. The van der Waals surface area contributed by atoms with Crippen molar-refractivity contribution in [1.29, 1.82) is 0 Å². The molecular weight excluding hydrogens is 228 g/mol. The van der Waals surface area contributed by atoms with Crippen molar-refractivity contribution in [3.05, 3.63) is 57.3 Å². The van der Waals surface area contributed by atoms with Gasteiger partial charge in [-0.15, -0.1) is 11.3 Å². The van der Waals surface area contributed by atoms with E-state index >= 15 is 0 Å². The van der Waals surface area contributed by atoms with Gasteiger partial charge in [0, 0.05) is 4.88 Å². The summed E-state index contributed by atoms with van der Waals surface area (Å²) in [5.41, 5.74) is 3.84. The summed E-state index contributed by atoms with van der Waals surface area (Å²) < 4.78 is 0. The van der Waals surface area contributed by atoms with Gasteiger partial charge in [-0.1, -0.05) is 24.3 Å². The molecule has 0 amide bonds. The van der Waals surface area contributed by atoms with Gasteiger partial charge in [0.25, 0.3) is 0 Å². The van der Waals surface area contributed by atoms with Gasteiger partial charge in [0.2, 0.25) is 0 Å². The van der Waals surface area contributed by atoms with Crippen LogP contribution in [0.2, 0.25) is 0 Å². The molecule has 1 heterocycles. The minimum absolute atomic E-state index is 0.324. The Balaban J connectivity index is 2.00. The highest BCUT2D eigenvalue weighted by molar-refractivity contribution is 7.10. The Labute approximate surface area is 107 Å². The molecule has 0 saturated carbocycles. The van der Waals surface area contributed by atoms with Gasteiger partial charge in [-0.2, -0.15) is 0 Å². The Morgan fingerprint density at radius 2 is 1.88 bits per heavy atom. The molecule has 0 radical (unpaired) electrons. The van der Waals surface area contributed by atoms with E-state index in [1.165, 1.54) is 16.7 Å². The normalized spacial score (nSPS) is 12.6.